The van der Waals surface area contributed by atoms with Crippen LogP contribution >= 0.6 is 11.6 Å². The fourth-order valence-electron chi connectivity index (χ4n) is 7.29. The summed E-state index contributed by atoms with van der Waals surface area (Å²) in [6.07, 6.45) is 6.99. The SMILES string of the molecule is CN(c1nc(OCC23CCCN2CCC3)nc2c1CCN(c1cccc3cccc(Cl)c13)C2)[C@@H]1CCNC1. The van der Waals surface area contributed by atoms with Crippen LogP contribution in [0.4, 0.5) is 11.5 Å². The number of aromatic nitrogens is 2. The van der Waals surface area contributed by atoms with Crippen LogP contribution in [0.5, 0.6) is 6.01 Å². The zero-order chi connectivity index (χ0) is 25.7. The summed E-state index contributed by atoms with van der Waals surface area (Å²) in [6.45, 7) is 6.74. The van der Waals surface area contributed by atoms with Crippen molar-refractivity contribution in [2.75, 3.05) is 56.2 Å². The monoisotopic (exact) mass is 532 g/mol. The maximum atomic E-state index is 6.70. The summed E-state index contributed by atoms with van der Waals surface area (Å²) in [5.41, 5.74) is 3.68. The van der Waals surface area contributed by atoms with Crippen molar-refractivity contribution in [3.63, 3.8) is 0 Å². The van der Waals surface area contributed by atoms with E-state index in [4.69, 9.17) is 26.3 Å². The lowest BCUT2D eigenvalue weighted by Crippen LogP contribution is -2.43. The number of rotatable bonds is 6. The minimum absolute atomic E-state index is 0.173. The van der Waals surface area contributed by atoms with E-state index in [2.05, 4.69) is 51.3 Å². The molecule has 0 radical (unpaired) electrons. The molecule has 0 unspecified atom stereocenters. The Bertz CT molecular complexity index is 1330. The van der Waals surface area contributed by atoms with E-state index < -0.39 is 0 Å². The van der Waals surface area contributed by atoms with E-state index in [1.165, 1.54) is 55.4 Å². The first-order valence-corrected chi connectivity index (χ1v) is 14.6. The van der Waals surface area contributed by atoms with Gasteiger partial charge in [0, 0.05) is 42.8 Å². The van der Waals surface area contributed by atoms with E-state index in [9.17, 15) is 0 Å². The summed E-state index contributed by atoms with van der Waals surface area (Å²) in [5.74, 6) is 1.04. The third-order valence-corrected chi connectivity index (χ3v) is 9.71. The lowest BCUT2D eigenvalue weighted by Gasteiger charge is -2.35. The molecule has 1 aromatic heterocycles. The van der Waals surface area contributed by atoms with Crippen LogP contribution < -0.4 is 19.9 Å². The molecule has 4 aliphatic rings. The van der Waals surface area contributed by atoms with Crippen LogP contribution in [-0.4, -0.2) is 72.8 Å². The van der Waals surface area contributed by atoms with E-state index in [1.807, 2.05) is 12.1 Å². The second-order valence-electron chi connectivity index (χ2n) is 11.5. The number of hydrogen-bond acceptors (Lipinski definition) is 7. The second-order valence-corrected chi connectivity index (χ2v) is 11.9. The second kappa shape index (κ2) is 9.85. The number of halogens is 1. The van der Waals surface area contributed by atoms with Crippen molar-refractivity contribution in [2.45, 2.75) is 56.7 Å². The molecule has 0 amide bonds. The van der Waals surface area contributed by atoms with E-state index >= 15 is 0 Å². The van der Waals surface area contributed by atoms with E-state index in [-0.39, 0.29) is 5.54 Å². The third-order valence-electron chi connectivity index (χ3n) is 9.39. The molecule has 0 aliphatic carbocycles. The fraction of sp³-hybridized carbons (Fsp3) is 0.533. The number of anilines is 2. The van der Waals surface area contributed by atoms with Gasteiger partial charge in [0.2, 0.25) is 0 Å². The minimum Gasteiger partial charge on any atom is -0.461 e. The Hall–Kier alpha value is -2.61. The molecule has 200 valence electrons. The molecule has 2 aromatic carbocycles. The predicted molar refractivity (Wildman–Crippen MR) is 154 cm³/mol. The average molecular weight is 533 g/mol. The molecule has 0 saturated carbocycles. The molecule has 3 saturated heterocycles. The van der Waals surface area contributed by atoms with Crippen LogP contribution in [0.15, 0.2) is 36.4 Å². The van der Waals surface area contributed by atoms with E-state index in [1.54, 1.807) is 0 Å². The molecule has 3 aromatic rings. The first kappa shape index (κ1) is 24.4. The third kappa shape index (κ3) is 4.19. The summed E-state index contributed by atoms with van der Waals surface area (Å²) < 4.78 is 6.50. The van der Waals surface area contributed by atoms with Crippen molar-refractivity contribution in [3.05, 3.63) is 52.7 Å². The number of nitrogens with one attached hydrogen (secondary N) is 1. The summed E-state index contributed by atoms with van der Waals surface area (Å²) in [4.78, 5) is 17.6. The van der Waals surface area contributed by atoms with Crippen molar-refractivity contribution >= 4 is 33.9 Å². The molecular formula is C30H37ClN6O. The molecule has 1 atom stereocenters. The molecule has 4 aliphatic heterocycles. The van der Waals surface area contributed by atoms with Gasteiger partial charge in [0.15, 0.2) is 0 Å². The Labute approximate surface area is 230 Å². The molecule has 7 rings (SSSR count). The Morgan fingerprint density at radius 1 is 1.11 bits per heavy atom. The van der Waals surface area contributed by atoms with E-state index in [0.717, 1.165) is 60.9 Å². The van der Waals surface area contributed by atoms with Crippen molar-refractivity contribution < 1.29 is 4.74 Å². The van der Waals surface area contributed by atoms with Crippen molar-refractivity contribution in [1.29, 1.82) is 0 Å². The summed E-state index contributed by atoms with van der Waals surface area (Å²) in [6, 6.07) is 13.5. The summed E-state index contributed by atoms with van der Waals surface area (Å²) in [7, 11) is 2.19. The number of likely N-dealkylation sites (N-methyl/N-ethyl adjacent to an activating group) is 1. The van der Waals surface area contributed by atoms with Gasteiger partial charge in [0.25, 0.3) is 0 Å². The highest BCUT2D eigenvalue weighted by molar-refractivity contribution is 6.36. The van der Waals surface area contributed by atoms with Crippen LogP contribution in [0.2, 0.25) is 5.02 Å². The van der Waals surface area contributed by atoms with Gasteiger partial charge in [-0.2, -0.15) is 9.97 Å². The lowest BCUT2D eigenvalue weighted by molar-refractivity contribution is 0.107. The molecule has 1 N–H and O–H groups in total. The summed E-state index contributed by atoms with van der Waals surface area (Å²) >= 11 is 6.70. The molecular weight excluding hydrogens is 496 g/mol. The quantitative estimate of drug-likeness (QED) is 0.496. The molecule has 5 heterocycles. The maximum absolute atomic E-state index is 6.70. The highest BCUT2D eigenvalue weighted by atomic mass is 35.5. The molecule has 38 heavy (non-hydrogen) atoms. The van der Waals surface area contributed by atoms with Crippen LogP contribution in [0.1, 0.15) is 43.4 Å². The minimum atomic E-state index is 0.173. The topological polar surface area (TPSA) is 56.8 Å². The van der Waals surface area contributed by atoms with Crippen molar-refractivity contribution in [1.82, 2.24) is 20.2 Å². The lowest BCUT2D eigenvalue weighted by atomic mass is 9.95. The average Bonchev–Trinajstić information content (AvgIpc) is 3.69. The van der Waals surface area contributed by atoms with E-state index in [0.29, 0.717) is 18.7 Å². The highest BCUT2D eigenvalue weighted by Crippen LogP contribution is 2.40. The predicted octanol–water partition coefficient (Wildman–Crippen LogP) is 4.65. The van der Waals surface area contributed by atoms with Crippen LogP contribution in [0.25, 0.3) is 10.8 Å². The van der Waals surface area contributed by atoms with Gasteiger partial charge in [-0.1, -0.05) is 35.9 Å². The van der Waals surface area contributed by atoms with Crippen LogP contribution in [0.3, 0.4) is 0 Å². The van der Waals surface area contributed by atoms with Gasteiger partial charge in [-0.3, -0.25) is 4.90 Å². The first-order valence-electron chi connectivity index (χ1n) is 14.2. The standard InChI is InChI=1S/C30H37ClN6O/c1-35(22-10-14-32-18-22)28-23-11-17-36(26-9-3-7-21-6-2-8-24(31)27(21)26)19-25(23)33-29(34-28)38-20-30-12-4-15-37(30)16-5-13-30/h2-3,6-9,22,32H,4-5,10-20H2,1H3/t22-/m1/s1. The van der Waals surface area contributed by atoms with Gasteiger partial charge in [0.1, 0.15) is 12.4 Å². The molecule has 8 heteroatoms. The number of fused-ring (bicyclic) bond motifs is 3. The zero-order valence-corrected chi connectivity index (χ0v) is 23.0. The van der Waals surface area contributed by atoms with Crippen LogP contribution in [-0.2, 0) is 13.0 Å². The van der Waals surface area contributed by atoms with Gasteiger partial charge in [-0.25, -0.2) is 0 Å². The zero-order valence-electron chi connectivity index (χ0n) is 22.3. The van der Waals surface area contributed by atoms with Gasteiger partial charge in [0.05, 0.1) is 22.8 Å². The summed E-state index contributed by atoms with van der Waals surface area (Å²) in [5, 5.41) is 6.58. The number of benzene rings is 2. The molecule has 0 bridgehead atoms. The number of nitrogens with zero attached hydrogens (tertiary/aromatic N) is 5. The highest BCUT2D eigenvalue weighted by Gasteiger charge is 2.45. The molecule has 7 nitrogen and oxygen atoms in total. The Morgan fingerprint density at radius 2 is 1.92 bits per heavy atom. The van der Waals surface area contributed by atoms with Crippen molar-refractivity contribution in [2.24, 2.45) is 0 Å². The Kier molecular flexibility index (Phi) is 6.33. The smallest absolute Gasteiger partial charge is 0.318 e. The van der Waals surface area contributed by atoms with Gasteiger partial charge >= 0.3 is 6.01 Å². The number of ether oxygens (including phenoxy) is 1. The Morgan fingerprint density at radius 3 is 2.71 bits per heavy atom. The number of hydrogen-bond donors (Lipinski definition) is 1. The first-order chi connectivity index (χ1) is 18.6. The Balaban J connectivity index is 1.23. The normalized spacial score (nSPS) is 22.6. The van der Waals surface area contributed by atoms with Gasteiger partial charge < -0.3 is 19.9 Å². The molecule has 3 fully saturated rings. The van der Waals surface area contributed by atoms with Crippen LogP contribution in [0, 0.1) is 0 Å². The van der Waals surface area contributed by atoms with Gasteiger partial charge in [-0.05, 0) is 75.7 Å². The fourth-order valence-corrected chi connectivity index (χ4v) is 7.57. The largest absolute Gasteiger partial charge is 0.461 e. The maximum Gasteiger partial charge on any atom is 0.318 e. The molecule has 0 spiro atoms. The van der Waals surface area contributed by atoms with Crippen molar-refractivity contribution in [3.8, 4) is 6.01 Å². The van der Waals surface area contributed by atoms with Gasteiger partial charge in [-0.15, -0.1) is 0 Å².